The number of anilines is 1. The molecule has 2 amide bonds. The predicted octanol–water partition coefficient (Wildman–Crippen LogP) is 3.51. The van der Waals surface area contributed by atoms with Gasteiger partial charge in [0.1, 0.15) is 0 Å². The largest absolute Gasteiger partial charge is 0.376 e. The highest BCUT2D eigenvalue weighted by Gasteiger charge is 2.25. The molecule has 6 nitrogen and oxygen atoms in total. The summed E-state index contributed by atoms with van der Waals surface area (Å²) in [5.74, 6) is 0. The third kappa shape index (κ3) is 3.48. The second kappa shape index (κ2) is 7.12. The molecule has 1 aliphatic heterocycles. The lowest BCUT2D eigenvalue weighted by Crippen LogP contribution is -2.44. The third-order valence-corrected chi connectivity index (χ3v) is 4.21. The van der Waals surface area contributed by atoms with Crippen LogP contribution in [0.15, 0.2) is 24.4 Å². The van der Waals surface area contributed by atoms with Crippen LogP contribution in [-0.2, 0) is 4.74 Å². The van der Waals surface area contributed by atoms with E-state index in [0.717, 1.165) is 25.9 Å². The van der Waals surface area contributed by atoms with E-state index in [4.69, 9.17) is 4.74 Å². The molecule has 24 heavy (non-hydrogen) atoms. The van der Waals surface area contributed by atoms with Crippen molar-refractivity contribution in [2.24, 2.45) is 0 Å². The van der Waals surface area contributed by atoms with E-state index in [2.05, 4.69) is 15.7 Å². The fraction of sp³-hybridized carbons (Fsp3) is 0.500. The van der Waals surface area contributed by atoms with Gasteiger partial charge in [0.05, 0.1) is 23.9 Å². The number of carbonyl (C=O) groups excluding carboxylic acids is 1. The number of hydrogen-bond acceptors (Lipinski definition) is 3. The lowest BCUT2D eigenvalue weighted by Gasteiger charge is -2.23. The van der Waals surface area contributed by atoms with Crippen molar-refractivity contribution in [2.45, 2.75) is 44.9 Å². The summed E-state index contributed by atoms with van der Waals surface area (Å²) in [5.41, 5.74) is 0.845. The summed E-state index contributed by atoms with van der Waals surface area (Å²) >= 11 is 0. The summed E-state index contributed by atoms with van der Waals surface area (Å²) in [4.78, 5) is 12.2. The van der Waals surface area contributed by atoms with Gasteiger partial charge in [0.15, 0.2) is 0 Å². The van der Waals surface area contributed by atoms with E-state index < -0.39 is 6.55 Å². The Morgan fingerprint density at radius 2 is 2.33 bits per heavy atom. The molecule has 0 unspecified atom stereocenters. The Morgan fingerprint density at radius 3 is 3.00 bits per heavy atom. The van der Waals surface area contributed by atoms with E-state index in [9.17, 15) is 13.6 Å². The van der Waals surface area contributed by atoms with Crippen LogP contribution < -0.4 is 10.6 Å². The van der Waals surface area contributed by atoms with E-state index >= 15 is 0 Å². The SMILES string of the molecule is CC[C@@H](NC(=O)Nc1ccc2c(cnn2C(F)F)c1)[C@@H]1CCCO1. The van der Waals surface area contributed by atoms with Crippen LogP contribution in [0.1, 0.15) is 32.7 Å². The molecular formula is C16H20F2N4O2. The number of nitrogens with zero attached hydrogens (tertiary/aromatic N) is 2. The van der Waals surface area contributed by atoms with Crippen molar-refractivity contribution in [3.8, 4) is 0 Å². The van der Waals surface area contributed by atoms with Crippen molar-refractivity contribution >= 4 is 22.6 Å². The van der Waals surface area contributed by atoms with Gasteiger partial charge in [-0.1, -0.05) is 6.92 Å². The van der Waals surface area contributed by atoms with Gasteiger partial charge >= 0.3 is 12.6 Å². The van der Waals surface area contributed by atoms with Gasteiger partial charge in [-0.3, -0.25) is 0 Å². The van der Waals surface area contributed by atoms with Crippen LogP contribution in [0.3, 0.4) is 0 Å². The molecule has 1 aliphatic rings. The fourth-order valence-corrected chi connectivity index (χ4v) is 3.00. The van der Waals surface area contributed by atoms with Crippen molar-refractivity contribution in [3.05, 3.63) is 24.4 Å². The van der Waals surface area contributed by atoms with E-state index in [0.29, 0.717) is 21.3 Å². The van der Waals surface area contributed by atoms with Gasteiger partial charge in [-0.2, -0.15) is 13.9 Å². The Morgan fingerprint density at radius 1 is 1.50 bits per heavy atom. The standard InChI is InChI=1S/C16H20F2N4O2/c1-2-12(14-4-3-7-24-14)21-16(23)20-11-5-6-13-10(8-11)9-19-22(13)15(17)18/h5-6,8-9,12,14-15H,2-4,7H2,1H3,(H2,20,21,23)/t12-,14+/m1/s1. The second-order valence-electron chi connectivity index (χ2n) is 5.81. The maximum atomic E-state index is 12.8. The van der Waals surface area contributed by atoms with E-state index in [-0.39, 0.29) is 18.2 Å². The molecule has 1 aromatic carbocycles. The summed E-state index contributed by atoms with van der Waals surface area (Å²) < 4.78 is 31.8. The molecule has 0 saturated carbocycles. The average Bonchev–Trinajstić information content (AvgIpc) is 3.21. The topological polar surface area (TPSA) is 68.2 Å². The van der Waals surface area contributed by atoms with Crippen LogP contribution in [0.4, 0.5) is 19.3 Å². The molecule has 0 spiro atoms. The number of aromatic nitrogens is 2. The Balaban J connectivity index is 1.66. The van der Waals surface area contributed by atoms with Gasteiger partial charge in [-0.25, -0.2) is 9.48 Å². The summed E-state index contributed by atoms with van der Waals surface area (Å²) in [6, 6.07) is 4.33. The highest BCUT2D eigenvalue weighted by atomic mass is 19.3. The fourth-order valence-electron chi connectivity index (χ4n) is 3.00. The zero-order valence-electron chi connectivity index (χ0n) is 13.3. The number of benzene rings is 1. The lowest BCUT2D eigenvalue weighted by molar-refractivity contribution is 0.0615. The maximum Gasteiger partial charge on any atom is 0.333 e. The highest BCUT2D eigenvalue weighted by molar-refractivity contribution is 5.92. The van der Waals surface area contributed by atoms with Crippen molar-refractivity contribution < 1.29 is 18.3 Å². The molecule has 2 atom stereocenters. The van der Waals surface area contributed by atoms with Crippen LogP contribution in [-0.4, -0.2) is 34.6 Å². The Bertz CT molecular complexity index is 713. The minimum Gasteiger partial charge on any atom is -0.376 e. The van der Waals surface area contributed by atoms with Gasteiger partial charge < -0.3 is 15.4 Å². The first kappa shape index (κ1) is 16.6. The van der Waals surface area contributed by atoms with Crippen molar-refractivity contribution in [3.63, 3.8) is 0 Å². The minimum absolute atomic E-state index is 0.0437. The molecule has 0 aliphatic carbocycles. The number of halogens is 2. The van der Waals surface area contributed by atoms with Gasteiger partial charge in [-0.05, 0) is 37.5 Å². The molecular weight excluding hydrogens is 318 g/mol. The highest BCUT2D eigenvalue weighted by Crippen LogP contribution is 2.23. The maximum absolute atomic E-state index is 12.8. The van der Waals surface area contributed by atoms with E-state index in [1.54, 1.807) is 12.1 Å². The molecule has 1 fully saturated rings. The molecule has 2 aromatic rings. The van der Waals surface area contributed by atoms with Crippen LogP contribution in [0.5, 0.6) is 0 Å². The first-order valence-electron chi connectivity index (χ1n) is 8.03. The molecule has 1 aromatic heterocycles. The molecule has 2 N–H and O–H groups in total. The van der Waals surface area contributed by atoms with Gasteiger partial charge in [-0.15, -0.1) is 0 Å². The van der Waals surface area contributed by atoms with E-state index in [1.165, 1.54) is 12.3 Å². The van der Waals surface area contributed by atoms with Crippen LogP contribution in [0.25, 0.3) is 10.9 Å². The minimum atomic E-state index is -2.69. The lowest BCUT2D eigenvalue weighted by atomic mass is 10.1. The average molecular weight is 338 g/mol. The number of carbonyl (C=O) groups is 1. The number of rotatable bonds is 5. The Kier molecular flexibility index (Phi) is 4.94. The molecule has 8 heteroatoms. The number of hydrogen-bond donors (Lipinski definition) is 2. The molecule has 3 rings (SSSR count). The molecule has 1 saturated heterocycles. The Hall–Kier alpha value is -2.22. The number of alkyl halides is 2. The number of fused-ring (bicyclic) bond motifs is 1. The summed E-state index contributed by atoms with van der Waals surface area (Å²) in [6.45, 7) is 0.0356. The Labute approximate surface area is 138 Å². The summed E-state index contributed by atoms with van der Waals surface area (Å²) in [5, 5.41) is 9.84. The normalized spacial score (nSPS) is 18.9. The number of amides is 2. The second-order valence-corrected chi connectivity index (χ2v) is 5.81. The zero-order chi connectivity index (χ0) is 17.1. The monoisotopic (exact) mass is 338 g/mol. The van der Waals surface area contributed by atoms with Gasteiger partial charge in [0.25, 0.3) is 0 Å². The van der Waals surface area contributed by atoms with Crippen LogP contribution >= 0.6 is 0 Å². The van der Waals surface area contributed by atoms with Crippen molar-refractivity contribution in [2.75, 3.05) is 11.9 Å². The summed E-state index contributed by atoms with van der Waals surface area (Å²) in [7, 11) is 0. The van der Waals surface area contributed by atoms with Crippen molar-refractivity contribution in [1.82, 2.24) is 15.1 Å². The quantitative estimate of drug-likeness (QED) is 0.876. The number of ether oxygens (including phenoxy) is 1. The van der Waals surface area contributed by atoms with Gasteiger partial charge in [0.2, 0.25) is 0 Å². The first-order chi connectivity index (χ1) is 11.6. The molecule has 130 valence electrons. The molecule has 0 radical (unpaired) electrons. The van der Waals surface area contributed by atoms with Crippen molar-refractivity contribution in [1.29, 1.82) is 0 Å². The van der Waals surface area contributed by atoms with Gasteiger partial charge in [0, 0.05) is 17.7 Å². The zero-order valence-corrected chi connectivity index (χ0v) is 13.3. The predicted molar refractivity (Wildman–Crippen MR) is 86.2 cm³/mol. The van der Waals surface area contributed by atoms with E-state index in [1.807, 2.05) is 6.92 Å². The number of urea groups is 1. The molecule has 2 heterocycles. The third-order valence-electron chi connectivity index (χ3n) is 4.21. The van der Waals surface area contributed by atoms with Crippen LogP contribution in [0, 0.1) is 0 Å². The smallest absolute Gasteiger partial charge is 0.333 e. The molecule has 0 bridgehead atoms. The number of nitrogens with one attached hydrogen (secondary N) is 2. The first-order valence-corrected chi connectivity index (χ1v) is 8.03. The summed E-state index contributed by atoms with van der Waals surface area (Å²) in [6.07, 6.45) is 4.13. The van der Waals surface area contributed by atoms with Crippen LogP contribution in [0.2, 0.25) is 0 Å².